The zero-order valence-electron chi connectivity index (χ0n) is 13.7. The number of benzene rings is 2. The highest BCUT2D eigenvalue weighted by molar-refractivity contribution is 7.98. The Kier molecular flexibility index (Phi) is 4.90. The first kappa shape index (κ1) is 17.4. The largest absolute Gasteiger partial charge is 0.274 e. The summed E-state index contributed by atoms with van der Waals surface area (Å²) in [6, 6.07) is 15.4. The Bertz CT molecular complexity index is 1010. The lowest BCUT2D eigenvalue weighted by Crippen LogP contribution is -2.02. The number of nitriles is 1. The maximum atomic E-state index is 9.27. The minimum atomic E-state index is 0.442. The molecule has 0 atom stereocenters. The number of hydrogen-bond donors (Lipinski definition) is 0. The molecule has 1 heterocycles. The third-order valence-electron chi connectivity index (χ3n) is 4.26. The number of hydrogen-bond acceptors (Lipinski definition) is 4. The van der Waals surface area contributed by atoms with Crippen LogP contribution >= 0.6 is 35.0 Å². The SMILES string of the molecule is N#Cc1ccccc1CSc1nnc(C2CC2)n1-c1ccc(Cl)c(Cl)c1. The van der Waals surface area contributed by atoms with E-state index in [1.54, 1.807) is 17.8 Å². The molecule has 0 saturated heterocycles. The molecule has 1 aromatic heterocycles. The quantitative estimate of drug-likeness (QED) is 0.521. The zero-order valence-corrected chi connectivity index (χ0v) is 16.0. The molecule has 0 aliphatic heterocycles. The van der Waals surface area contributed by atoms with Gasteiger partial charge in [0.2, 0.25) is 0 Å². The van der Waals surface area contributed by atoms with E-state index in [0.717, 1.165) is 35.1 Å². The average molecular weight is 401 g/mol. The molecule has 0 N–H and O–H groups in total. The number of thioether (sulfide) groups is 1. The van der Waals surface area contributed by atoms with Crippen molar-refractivity contribution in [2.75, 3.05) is 0 Å². The molecule has 26 heavy (non-hydrogen) atoms. The predicted octanol–water partition coefficient (Wildman–Crippen LogP) is 5.62. The first-order chi connectivity index (χ1) is 12.7. The molecule has 0 spiro atoms. The Balaban J connectivity index is 1.68. The normalized spacial score (nSPS) is 13.6. The maximum absolute atomic E-state index is 9.27. The molecule has 0 bridgehead atoms. The molecule has 130 valence electrons. The van der Waals surface area contributed by atoms with Crippen LogP contribution in [0, 0.1) is 11.3 Å². The van der Waals surface area contributed by atoms with Crippen molar-refractivity contribution in [1.29, 1.82) is 5.26 Å². The van der Waals surface area contributed by atoms with Gasteiger partial charge in [0.1, 0.15) is 5.82 Å². The van der Waals surface area contributed by atoms with Gasteiger partial charge in [0.25, 0.3) is 0 Å². The van der Waals surface area contributed by atoms with E-state index < -0.39 is 0 Å². The summed E-state index contributed by atoms with van der Waals surface area (Å²) < 4.78 is 2.06. The molecule has 1 aliphatic carbocycles. The molecule has 0 unspecified atom stereocenters. The van der Waals surface area contributed by atoms with Gasteiger partial charge >= 0.3 is 0 Å². The molecule has 1 saturated carbocycles. The topological polar surface area (TPSA) is 54.5 Å². The smallest absolute Gasteiger partial charge is 0.196 e. The summed E-state index contributed by atoms with van der Waals surface area (Å²) >= 11 is 13.8. The molecule has 0 amide bonds. The molecule has 4 rings (SSSR count). The van der Waals surface area contributed by atoms with Crippen molar-refractivity contribution in [2.24, 2.45) is 0 Å². The van der Waals surface area contributed by atoms with Crippen molar-refractivity contribution in [3.05, 3.63) is 69.5 Å². The van der Waals surface area contributed by atoms with Crippen LogP contribution in [0.2, 0.25) is 10.0 Å². The minimum Gasteiger partial charge on any atom is -0.274 e. The maximum Gasteiger partial charge on any atom is 0.196 e. The van der Waals surface area contributed by atoms with E-state index in [1.807, 2.05) is 36.4 Å². The molecular formula is C19H14Cl2N4S. The van der Waals surface area contributed by atoms with Crippen molar-refractivity contribution < 1.29 is 0 Å². The molecule has 4 nitrogen and oxygen atoms in total. The van der Waals surface area contributed by atoms with Crippen molar-refractivity contribution in [3.63, 3.8) is 0 Å². The number of rotatable bonds is 5. The van der Waals surface area contributed by atoms with Gasteiger partial charge in [-0.3, -0.25) is 4.57 Å². The molecule has 7 heteroatoms. The van der Waals surface area contributed by atoms with Gasteiger partial charge in [-0.05, 0) is 42.7 Å². The summed E-state index contributed by atoms with van der Waals surface area (Å²) in [5.74, 6) is 2.05. The Labute approximate surface area is 165 Å². The van der Waals surface area contributed by atoms with Crippen LogP contribution < -0.4 is 0 Å². The summed E-state index contributed by atoms with van der Waals surface area (Å²) in [5.41, 5.74) is 2.57. The van der Waals surface area contributed by atoms with Gasteiger partial charge in [-0.25, -0.2) is 0 Å². The van der Waals surface area contributed by atoms with Crippen LogP contribution in [-0.2, 0) is 5.75 Å². The number of aromatic nitrogens is 3. The lowest BCUT2D eigenvalue weighted by Gasteiger charge is -2.11. The summed E-state index contributed by atoms with van der Waals surface area (Å²) in [5, 5.41) is 19.9. The Hall–Kier alpha value is -2.00. The van der Waals surface area contributed by atoms with Gasteiger partial charge in [-0.2, -0.15) is 5.26 Å². The highest BCUT2D eigenvalue weighted by atomic mass is 35.5. The summed E-state index contributed by atoms with van der Waals surface area (Å²) in [7, 11) is 0. The van der Waals surface area contributed by atoms with Gasteiger partial charge in [0.05, 0.1) is 27.4 Å². The van der Waals surface area contributed by atoms with E-state index in [9.17, 15) is 5.26 Å². The second kappa shape index (κ2) is 7.32. The van der Waals surface area contributed by atoms with E-state index in [0.29, 0.717) is 27.3 Å². The molecule has 2 aromatic carbocycles. The predicted molar refractivity (Wildman–Crippen MR) is 104 cm³/mol. The van der Waals surface area contributed by atoms with Crippen molar-refractivity contribution in [3.8, 4) is 11.8 Å². The minimum absolute atomic E-state index is 0.442. The third kappa shape index (κ3) is 3.45. The van der Waals surface area contributed by atoms with Crippen LogP contribution in [0.5, 0.6) is 0 Å². The first-order valence-electron chi connectivity index (χ1n) is 8.19. The third-order valence-corrected chi connectivity index (χ3v) is 5.97. The van der Waals surface area contributed by atoms with Crippen LogP contribution in [0.15, 0.2) is 47.6 Å². The molecular weight excluding hydrogens is 387 g/mol. The van der Waals surface area contributed by atoms with Gasteiger partial charge in [-0.15, -0.1) is 10.2 Å². The fourth-order valence-corrected chi connectivity index (χ4v) is 4.00. The van der Waals surface area contributed by atoms with Crippen LogP contribution in [0.1, 0.15) is 35.7 Å². The van der Waals surface area contributed by atoms with Crippen LogP contribution in [0.25, 0.3) is 5.69 Å². The highest BCUT2D eigenvalue weighted by Crippen LogP contribution is 2.42. The summed E-state index contributed by atoms with van der Waals surface area (Å²) in [4.78, 5) is 0. The number of halogens is 2. The van der Waals surface area contributed by atoms with E-state index >= 15 is 0 Å². The molecule has 1 fully saturated rings. The molecule has 0 radical (unpaired) electrons. The van der Waals surface area contributed by atoms with Gasteiger partial charge in [-0.1, -0.05) is 53.2 Å². The first-order valence-corrected chi connectivity index (χ1v) is 9.93. The summed E-state index contributed by atoms with van der Waals surface area (Å²) in [6.07, 6.45) is 2.25. The summed E-state index contributed by atoms with van der Waals surface area (Å²) in [6.45, 7) is 0. The second-order valence-electron chi connectivity index (χ2n) is 6.11. The van der Waals surface area contributed by atoms with Crippen molar-refractivity contribution in [2.45, 2.75) is 29.7 Å². The van der Waals surface area contributed by atoms with E-state index in [2.05, 4.69) is 20.8 Å². The van der Waals surface area contributed by atoms with Crippen molar-refractivity contribution >= 4 is 35.0 Å². The Morgan fingerprint density at radius 2 is 1.92 bits per heavy atom. The van der Waals surface area contributed by atoms with E-state index in [-0.39, 0.29) is 0 Å². The van der Waals surface area contributed by atoms with E-state index in [1.165, 1.54) is 0 Å². The molecule has 3 aromatic rings. The monoisotopic (exact) mass is 400 g/mol. The Morgan fingerprint density at radius 3 is 2.65 bits per heavy atom. The van der Waals surface area contributed by atoms with Gasteiger partial charge < -0.3 is 0 Å². The average Bonchev–Trinajstić information content (AvgIpc) is 3.42. The van der Waals surface area contributed by atoms with Crippen molar-refractivity contribution in [1.82, 2.24) is 14.8 Å². The van der Waals surface area contributed by atoms with Crippen LogP contribution in [0.3, 0.4) is 0 Å². The van der Waals surface area contributed by atoms with Gasteiger partial charge in [0.15, 0.2) is 5.16 Å². The standard InChI is InChI=1S/C19H14Cl2N4S/c20-16-8-7-15(9-17(16)21)25-18(12-5-6-12)23-24-19(25)26-11-14-4-2-1-3-13(14)10-22/h1-4,7-9,12H,5-6,11H2. The Morgan fingerprint density at radius 1 is 1.12 bits per heavy atom. The second-order valence-corrected chi connectivity index (χ2v) is 7.86. The van der Waals surface area contributed by atoms with E-state index in [4.69, 9.17) is 23.2 Å². The fourth-order valence-electron chi connectivity index (χ4n) is 2.74. The van der Waals surface area contributed by atoms with Gasteiger partial charge in [0, 0.05) is 11.7 Å². The van der Waals surface area contributed by atoms with Crippen LogP contribution in [0.4, 0.5) is 0 Å². The lowest BCUT2D eigenvalue weighted by atomic mass is 10.1. The number of nitrogens with zero attached hydrogens (tertiary/aromatic N) is 4. The molecule has 1 aliphatic rings. The van der Waals surface area contributed by atoms with Crippen LogP contribution in [-0.4, -0.2) is 14.8 Å². The lowest BCUT2D eigenvalue weighted by molar-refractivity contribution is 0.829. The highest BCUT2D eigenvalue weighted by Gasteiger charge is 2.31. The zero-order chi connectivity index (χ0) is 18.1. The fraction of sp³-hybridized carbons (Fsp3) is 0.211.